The molecule has 0 aromatic carbocycles. The molecule has 1 N–H and O–H groups in total. The van der Waals surface area contributed by atoms with Gasteiger partial charge in [-0.15, -0.1) is 0 Å². The second kappa shape index (κ2) is 7.31. The Labute approximate surface area is 140 Å². The van der Waals surface area contributed by atoms with Crippen LogP contribution < -0.4 is 10.2 Å². The molecular formula is C16H21N5O3. The normalized spacial score (nSPS) is 17.6. The third-order valence-corrected chi connectivity index (χ3v) is 3.77. The van der Waals surface area contributed by atoms with Gasteiger partial charge in [0.2, 0.25) is 5.95 Å². The first kappa shape index (κ1) is 16.3. The average Bonchev–Trinajstić information content (AvgIpc) is 3.13. The van der Waals surface area contributed by atoms with Gasteiger partial charge in [-0.2, -0.15) is 0 Å². The summed E-state index contributed by atoms with van der Waals surface area (Å²) in [5, 5.41) is 2.89. The number of morpholine rings is 1. The van der Waals surface area contributed by atoms with Crippen LogP contribution in [0.2, 0.25) is 0 Å². The van der Waals surface area contributed by atoms with Crippen LogP contribution in [0.25, 0.3) is 0 Å². The van der Waals surface area contributed by atoms with E-state index in [1.165, 1.54) is 0 Å². The van der Waals surface area contributed by atoms with Crippen LogP contribution in [0, 0.1) is 0 Å². The highest BCUT2D eigenvalue weighted by Gasteiger charge is 2.26. The minimum atomic E-state index is -0.250. The van der Waals surface area contributed by atoms with E-state index in [2.05, 4.69) is 15.3 Å². The van der Waals surface area contributed by atoms with E-state index in [0.717, 1.165) is 11.3 Å². The number of rotatable bonds is 4. The van der Waals surface area contributed by atoms with Crippen LogP contribution in [0.1, 0.15) is 17.4 Å². The third-order valence-electron chi connectivity index (χ3n) is 3.77. The molecule has 0 saturated carbocycles. The summed E-state index contributed by atoms with van der Waals surface area (Å²) in [5.41, 5.74) is 1.71. The molecule has 1 aliphatic rings. The molecular weight excluding hydrogens is 310 g/mol. The fourth-order valence-electron chi connectivity index (χ4n) is 2.45. The maximum absolute atomic E-state index is 12.3. The highest BCUT2D eigenvalue weighted by molar-refractivity contribution is 5.74. The Morgan fingerprint density at radius 2 is 2.33 bits per heavy atom. The second-order valence-corrected chi connectivity index (χ2v) is 5.77. The number of amides is 2. The van der Waals surface area contributed by atoms with E-state index in [4.69, 9.17) is 9.15 Å². The molecule has 1 fully saturated rings. The molecule has 3 heterocycles. The number of hydrogen-bond donors (Lipinski definition) is 1. The molecule has 1 saturated heterocycles. The Kier molecular flexibility index (Phi) is 4.95. The summed E-state index contributed by atoms with van der Waals surface area (Å²) in [5.74, 6) is 0.623. The number of nitrogens with one attached hydrogen (secondary N) is 1. The van der Waals surface area contributed by atoms with Gasteiger partial charge in [0.25, 0.3) is 0 Å². The molecule has 3 rings (SSSR count). The third kappa shape index (κ3) is 3.83. The zero-order valence-corrected chi connectivity index (χ0v) is 13.8. The van der Waals surface area contributed by atoms with E-state index in [1.807, 2.05) is 31.1 Å². The van der Waals surface area contributed by atoms with Crippen molar-refractivity contribution in [2.45, 2.75) is 12.6 Å². The highest BCUT2D eigenvalue weighted by atomic mass is 16.5. The number of furan rings is 1. The Morgan fingerprint density at radius 1 is 1.46 bits per heavy atom. The molecule has 0 aliphatic carbocycles. The van der Waals surface area contributed by atoms with Crippen molar-refractivity contribution < 1.29 is 13.9 Å². The molecule has 8 heteroatoms. The van der Waals surface area contributed by atoms with Crippen LogP contribution in [-0.2, 0) is 11.3 Å². The Morgan fingerprint density at radius 3 is 3.08 bits per heavy atom. The topological polar surface area (TPSA) is 83.7 Å². The van der Waals surface area contributed by atoms with Crippen molar-refractivity contribution in [3.63, 3.8) is 0 Å². The Hall–Kier alpha value is -2.61. The van der Waals surface area contributed by atoms with Gasteiger partial charge in [-0.1, -0.05) is 0 Å². The van der Waals surface area contributed by atoms with Gasteiger partial charge in [0, 0.05) is 38.9 Å². The van der Waals surface area contributed by atoms with Crippen LogP contribution in [0.4, 0.5) is 10.7 Å². The van der Waals surface area contributed by atoms with Crippen molar-refractivity contribution in [2.24, 2.45) is 0 Å². The monoisotopic (exact) mass is 331 g/mol. The second-order valence-electron chi connectivity index (χ2n) is 5.77. The van der Waals surface area contributed by atoms with Crippen molar-refractivity contribution in [3.8, 4) is 0 Å². The smallest absolute Gasteiger partial charge is 0.317 e. The Balaban J connectivity index is 1.61. The maximum atomic E-state index is 12.3. The lowest BCUT2D eigenvalue weighted by Crippen LogP contribution is -2.47. The molecule has 2 aromatic rings. The van der Waals surface area contributed by atoms with Crippen LogP contribution in [0.3, 0.4) is 0 Å². The summed E-state index contributed by atoms with van der Waals surface area (Å²) >= 11 is 0. The lowest BCUT2D eigenvalue weighted by Gasteiger charge is -2.32. The van der Waals surface area contributed by atoms with Crippen molar-refractivity contribution in [3.05, 3.63) is 42.1 Å². The van der Waals surface area contributed by atoms with E-state index in [1.54, 1.807) is 23.6 Å². The van der Waals surface area contributed by atoms with E-state index < -0.39 is 0 Å². The zero-order valence-electron chi connectivity index (χ0n) is 13.8. The number of hydrogen-bond acceptors (Lipinski definition) is 6. The fourth-order valence-corrected chi connectivity index (χ4v) is 2.45. The number of carbonyl (C=O) groups is 1. The van der Waals surface area contributed by atoms with E-state index in [0.29, 0.717) is 32.2 Å². The largest absolute Gasteiger partial charge is 0.472 e. The van der Waals surface area contributed by atoms with Crippen LogP contribution in [0.15, 0.2) is 35.3 Å². The number of aromatic nitrogens is 2. The van der Waals surface area contributed by atoms with Gasteiger partial charge in [-0.3, -0.25) is 0 Å². The standard InChI is InChI=1S/C16H21N5O3/c1-20(2)15-17-5-3-13(19-15)14-10-21(6-8-24-14)16(22)18-9-12-4-7-23-11-12/h3-5,7,11,14H,6,8-10H2,1-2H3,(H,18,22)/t14-/m0/s1. The van der Waals surface area contributed by atoms with Crippen LogP contribution >= 0.6 is 0 Å². The van der Waals surface area contributed by atoms with Gasteiger partial charge >= 0.3 is 6.03 Å². The molecule has 0 bridgehead atoms. The summed E-state index contributed by atoms with van der Waals surface area (Å²) in [6, 6.07) is 3.53. The van der Waals surface area contributed by atoms with Crippen molar-refractivity contribution in [2.75, 3.05) is 38.7 Å². The minimum Gasteiger partial charge on any atom is -0.472 e. The van der Waals surface area contributed by atoms with E-state index >= 15 is 0 Å². The number of anilines is 1. The lowest BCUT2D eigenvalue weighted by atomic mass is 10.2. The van der Waals surface area contributed by atoms with Crippen LogP contribution in [0.5, 0.6) is 0 Å². The summed E-state index contributed by atoms with van der Waals surface area (Å²) in [6.07, 6.45) is 4.66. The average molecular weight is 331 g/mol. The molecule has 0 radical (unpaired) electrons. The van der Waals surface area contributed by atoms with Crippen molar-refractivity contribution >= 4 is 12.0 Å². The number of urea groups is 1. The number of ether oxygens (including phenoxy) is 1. The van der Waals surface area contributed by atoms with Crippen LogP contribution in [-0.4, -0.2) is 54.7 Å². The summed E-state index contributed by atoms with van der Waals surface area (Å²) < 4.78 is 10.8. The van der Waals surface area contributed by atoms with Gasteiger partial charge in [0.05, 0.1) is 31.4 Å². The molecule has 0 unspecified atom stereocenters. The zero-order chi connectivity index (χ0) is 16.9. The Bertz CT molecular complexity index is 674. The first-order valence-electron chi connectivity index (χ1n) is 7.79. The SMILES string of the molecule is CN(C)c1nccc([C@@H]2CN(C(=O)NCc3ccoc3)CCO2)n1. The first-order valence-corrected chi connectivity index (χ1v) is 7.79. The minimum absolute atomic E-state index is 0.119. The van der Waals surface area contributed by atoms with E-state index in [-0.39, 0.29) is 12.1 Å². The number of nitrogens with zero attached hydrogens (tertiary/aromatic N) is 4. The first-order chi connectivity index (χ1) is 11.6. The molecule has 128 valence electrons. The van der Waals surface area contributed by atoms with Gasteiger partial charge in [-0.25, -0.2) is 14.8 Å². The predicted molar refractivity (Wildman–Crippen MR) is 87.6 cm³/mol. The predicted octanol–water partition coefficient (Wildman–Crippen LogP) is 1.42. The van der Waals surface area contributed by atoms with Gasteiger partial charge in [0.1, 0.15) is 6.10 Å². The molecule has 1 aliphatic heterocycles. The summed E-state index contributed by atoms with van der Waals surface area (Å²) in [6.45, 7) is 1.93. The lowest BCUT2D eigenvalue weighted by molar-refractivity contribution is -0.0176. The fraction of sp³-hybridized carbons (Fsp3) is 0.438. The highest BCUT2D eigenvalue weighted by Crippen LogP contribution is 2.21. The molecule has 2 aromatic heterocycles. The van der Waals surface area contributed by atoms with E-state index in [9.17, 15) is 4.79 Å². The van der Waals surface area contributed by atoms with Gasteiger partial charge < -0.3 is 24.3 Å². The number of carbonyl (C=O) groups excluding carboxylic acids is 1. The summed E-state index contributed by atoms with van der Waals surface area (Å²) in [4.78, 5) is 24.6. The van der Waals surface area contributed by atoms with Crippen molar-refractivity contribution in [1.82, 2.24) is 20.2 Å². The maximum Gasteiger partial charge on any atom is 0.317 e. The molecule has 24 heavy (non-hydrogen) atoms. The molecule has 1 atom stereocenters. The summed E-state index contributed by atoms with van der Waals surface area (Å²) in [7, 11) is 3.77. The molecule has 0 spiro atoms. The quantitative estimate of drug-likeness (QED) is 0.912. The molecule has 2 amide bonds. The van der Waals surface area contributed by atoms with Gasteiger partial charge in [-0.05, 0) is 12.1 Å². The van der Waals surface area contributed by atoms with Gasteiger partial charge in [0.15, 0.2) is 0 Å². The van der Waals surface area contributed by atoms with Crippen molar-refractivity contribution in [1.29, 1.82) is 0 Å². The molecule has 8 nitrogen and oxygen atoms in total.